The molecular formula is C84H60F32Si8. The summed E-state index contributed by atoms with van der Waals surface area (Å²) < 4.78 is 493. The molecule has 0 aromatic heterocycles. The summed E-state index contributed by atoms with van der Waals surface area (Å²) in [5.41, 5.74) is 0. The third-order valence-electron chi connectivity index (χ3n) is 22.8. The summed E-state index contributed by atoms with van der Waals surface area (Å²) in [5.74, 6) is -69.6. The lowest BCUT2D eigenvalue weighted by molar-refractivity contribution is 0.383. The van der Waals surface area contributed by atoms with Gasteiger partial charge in [0, 0.05) is 31.1 Å². The number of benzene rings is 12. The van der Waals surface area contributed by atoms with Gasteiger partial charge in [0.1, 0.15) is 48.4 Å². The lowest BCUT2D eigenvalue weighted by Gasteiger charge is -2.38. The summed E-state index contributed by atoms with van der Waals surface area (Å²) in [6, 6.07) is 28.0. The van der Waals surface area contributed by atoms with Crippen molar-refractivity contribution in [1.29, 1.82) is 0 Å². The van der Waals surface area contributed by atoms with Gasteiger partial charge in [0.15, 0.2) is 140 Å². The van der Waals surface area contributed by atoms with Gasteiger partial charge < -0.3 is 0 Å². The Kier molecular flexibility index (Phi) is 25.6. The van der Waals surface area contributed by atoms with E-state index in [9.17, 15) is 79.0 Å². The molecule has 0 nitrogen and oxygen atoms in total. The van der Waals surface area contributed by atoms with Gasteiger partial charge in [-0.1, -0.05) is 255 Å². The monoisotopic (exact) mass is 1900 g/mol. The highest BCUT2D eigenvalue weighted by molar-refractivity contribution is 7.20. The van der Waals surface area contributed by atoms with Gasteiger partial charge >= 0.3 is 16.8 Å². The second kappa shape index (κ2) is 33.5. The van der Waals surface area contributed by atoms with Crippen molar-refractivity contribution in [3.8, 4) is 0 Å². The van der Waals surface area contributed by atoms with Gasteiger partial charge in [0.05, 0.1) is 0 Å². The average molecular weight is 1900 g/mol. The zero-order valence-corrected chi connectivity index (χ0v) is 74.0. The Bertz CT molecular complexity index is 5250. The SMILES string of the molecule is C[Si](C)(c1ccccc1[Si](F)(c1ccccc1[Si](C)(C)c1c(F)c(F)c(F)c(F)c1F)c1ccccc1[Si](C)(C)c1c(F)c(F)c(F)c(F)c1F)c1c(F)c(F)c(F)c(F)c1F.C[Si](C)(c1ccccc1[Si](F)(c1ccccc1[Si](C)(C)c1c(F)c(F)c(F)c(F)c1F)c1ccccc1[Si](C)(C)c1c(F)c(F)c(F)c(F)c1F)c1c(F)c(F)c(F)c(F)c1F. The predicted octanol–water partition coefficient (Wildman–Crippen LogP) is 14.4. The number of rotatable bonds is 18. The van der Waals surface area contributed by atoms with Crippen molar-refractivity contribution in [3.63, 3.8) is 0 Å². The maximum atomic E-state index is 20.2. The van der Waals surface area contributed by atoms with Gasteiger partial charge in [-0.15, -0.1) is 0 Å². The normalized spacial score (nSPS) is 12.7. The first-order valence-electron chi connectivity index (χ1n) is 36.5. The maximum absolute atomic E-state index is 20.2. The predicted molar refractivity (Wildman–Crippen MR) is 428 cm³/mol. The van der Waals surface area contributed by atoms with Gasteiger partial charge in [-0.2, -0.15) is 0 Å². The van der Waals surface area contributed by atoms with Crippen LogP contribution in [-0.2, 0) is 0 Å². The summed E-state index contributed by atoms with van der Waals surface area (Å²) >= 11 is 0. The summed E-state index contributed by atoms with van der Waals surface area (Å²) in [4.78, 5) is 0. The molecule has 12 rings (SSSR count). The summed E-state index contributed by atoms with van der Waals surface area (Å²) in [7, 11) is -38.7. The van der Waals surface area contributed by atoms with Crippen LogP contribution in [0.4, 0.5) is 140 Å². The number of hydrogen-bond donors (Lipinski definition) is 0. The van der Waals surface area contributed by atoms with Crippen molar-refractivity contribution in [3.05, 3.63) is 320 Å². The summed E-state index contributed by atoms with van der Waals surface area (Å²) in [6.07, 6.45) is 0. The van der Waals surface area contributed by atoms with Crippen molar-refractivity contribution in [1.82, 2.24) is 0 Å². The number of hydrogen-bond acceptors (Lipinski definition) is 0. The highest BCUT2D eigenvalue weighted by Gasteiger charge is 2.57. The van der Waals surface area contributed by atoms with E-state index in [4.69, 9.17) is 0 Å². The Hall–Kier alpha value is -9.86. The van der Waals surface area contributed by atoms with Gasteiger partial charge in [0.2, 0.25) is 34.9 Å². The summed E-state index contributed by atoms with van der Waals surface area (Å²) in [5, 5.41) is -13.0. The van der Waals surface area contributed by atoms with Gasteiger partial charge in [0.25, 0.3) is 0 Å². The van der Waals surface area contributed by atoms with E-state index in [1.54, 1.807) is 0 Å². The first kappa shape index (κ1) is 94.8. The van der Waals surface area contributed by atoms with Crippen LogP contribution in [-0.4, -0.2) is 65.3 Å². The van der Waals surface area contributed by atoms with E-state index >= 15 is 60.9 Å². The molecule has 0 saturated carbocycles. The quantitative estimate of drug-likeness (QED) is 0.0201. The first-order chi connectivity index (χ1) is 57.4. The zero-order chi connectivity index (χ0) is 92.7. The molecule has 0 saturated heterocycles. The van der Waals surface area contributed by atoms with Crippen molar-refractivity contribution in [2.45, 2.75) is 78.6 Å². The molecule has 0 aliphatic rings. The molecule has 12 aromatic carbocycles. The molecule has 0 bridgehead atoms. The van der Waals surface area contributed by atoms with E-state index in [0.29, 0.717) is 0 Å². The van der Waals surface area contributed by atoms with Crippen LogP contribution in [0.15, 0.2) is 146 Å². The van der Waals surface area contributed by atoms with Crippen LogP contribution >= 0.6 is 0 Å². The van der Waals surface area contributed by atoms with E-state index in [1.807, 2.05) is 0 Å². The molecule has 0 fully saturated rings. The highest BCUT2D eigenvalue weighted by Crippen LogP contribution is 2.31. The minimum Gasteiger partial charge on any atom is -0.296 e. The molecule has 124 heavy (non-hydrogen) atoms. The van der Waals surface area contributed by atoms with E-state index in [1.165, 1.54) is 72.8 Å². The molecule has 0 spiro atoms. The minimum absolute atomic E-state index is 0.339. The van der Waals surface area contributed by atoms with Crippen LogP contribution in [0.1, 0.15) is 0 Å². The smallest absolute Gasteiger partial charge is 0.296 e. The Labute approximate surface area is 693 Å². The molecule has 652 valence electrons. The standard InChI is InChI=1S/2C42H30F16Si4/c2*1-59(2,40-34(52)28(46)25(43)29(47)35(40)53)19-13-7-10-16-22(19)62(58,23-17-11-8-14-20(23)60(3,4)41-36(54)30(48)26(44)31(49)37(41)55)24-18-12-9-15-21(24)61(5,6)42-38(56)32(50)27(45)33(51)39(42)57/h2*7-18H,1-6H3. The van der Waals surface area contributed by atoms with Crippen LogP contribution in [0.2, 0.25) is 78.6 Å². The Morgan fingerprint density at radius 3 is 0.282 bits per heavy atom. The third kappa shape index (κ3) is 14.6. The molecule has 0 N–H and O–H groups in total. The van der Waals surface area contributed by atoms with Crippen molar-refractivity contribution < 1.29 is 140 Å². The van der Waals surface area contributed by atoms with Crippen molar-refractivity contribution in [2.75, 3.05) is 0 Å². The molecule has 0 heterocycles. The zero-order valence-electron chi connectivity index (χ0n) is 66.0. The molecular weight excluding hydrogens is 1840 g/mol. The van der Waals surface area contributed by atoms with E-state index < -0.39 is 302 Å². The maximum Gasteiger partial charge on any atom is 0.339 e. The number of halogens is 32. The second-order valence-corrected chi connectivity index (χ2v) is 63.6. The molecule has 0 amide bonds. The van der Waals surface area contributed by atoms with E-state index in [-0.39, 0.29) is 31.1 Å². The van der Waals surface area contributed by atoms with Gasteiger partial charge in [-0.25, -0.2) is 132 Å². The lowest BCUT2D eigenvalue weighted by atomic mass is 10.3. The van der Waals surface area contributed by atoms with Crippen LogP contribution in [0.3, 0.4) is 0 Å². The molecule has 0 unspecified atom stereocenters. The molecule has 0 aliphatic heterocycles. The largest absolute Gasteiger partial charge is 0.339 e. The highest BCUT2D eigenvalue weighted by atomic mass is 28.4. The average Bonchev–Trinajstić information content (AvgIpc) is 0.707. The first-order valence-corrected chi connectivity index (χ1v) is 58.3. The second-order valence-electron chi connectivity index (χ2n) is 32.0. The van der Waals surface area contributed by atoms with Crippen molar-refractivity contribution in [2.24, 2.45) is 0 Å². The van der Waals surface area contributed by atoms with Crippen LogP contribution in [0, 0.1) is 175 Å². The fraction of sp³-hybridized carbons (Fsp3) is 0.143. The fourth-order valence-electron chi connectivity index (χ4n) is 16.6. The topological polar surface area (TPSA) is 0 Å². The van der Waals surface area contributed by atoms with Crippen LogP contribution in [0.5, 0.6) is 0 Å². The third-order valence-corrected chi connectivity index (χ3v) is 52.2. The summed E-state index contributed by atoms with van der Waals surface area (Å²) in [6.45, 7) is 13.5. The van der Waals surface area contributed by atoms with Gasteiger partial charge in [-0.05, 0) is 31.1 Å². The molecule has 40 heteroatoms. The Morgan fingerprint density at radius 2 is 0.194 bits per heavy atom. The fourth-order valence-corrected chi connectivity index (χ4v) is 48.9. The minimum atomic E-state index is -5.87. The lowest BCUT2D eigenvalue weighted by Crippen LogP contribution is -2.80. The van der Waals surface area contributed by atoms with Crippen LogP contribution < -0.4 is 93.4 Å². The van der Waals surface area contributed by atoms with Crippen molar-refractivity contribution >= 4 is 159 Å². The Morgan fingerprint density at radius 1 is 0.121 bits per heavy atom. The van der Waals surface area contributed by atoms with Crippen LogP contribution in [0.25, 0.3) is 0 Å². The molecule has 0 atom stereocenters. The molecule has 12 aromatic rings. The molecule has 0 aliphatic carbocycles. The van der Waals surface area contributed by atoms with Gasteiger partial charge in [-0.3, -0.25) is 8.22 Å². The Balaban J connectivity index is 0.000000241. The van der Waals surface area contributed by atoms with E-state index in [0.717, 1.165) is 151 Å². The van der Waals surface area contributed by atoms with E-state index in [2.05, 4.69) is 0 Å². The molecule has 0 radical (unpaired) electrons.